The molecule has 1 saturated heterocycles. The topological polar surface area (TPSA) is 44.9 Å². The number of benzene rings is 1. The van der Waals surface area contributed by atoms with Gasteiger partial charge >= 0.3 is 0 Å². The van der Waals surface area contributed by atoms with Gasteiger partial charge in [0, 0.05) is 19.6 Å². The van der Waals surface area contributed by atoms with Crippen LogP contribution in [0.3, 0.4) is 0 Å². The van der Waals surface area contributed by atoms with Crippen molar-refractivity contribution in [3.05, 3.63) is 35.9 Å². The zero-order valence-corrected chi connectivity index (χ0v) is 18.5. The number of hydrogen-bond acceptors (Lipinski definition) is 2. The van der Waals surface area contributed by atoms with Crippen molar-refractivity contribution >= 4 is 29.9 Å². The molecule has 1 aromatic rings. The molecule has 1 aliphatic heterocycles. The zero-order valence-electron chi connectivity index (χ0n) is 16.1. The van der Waals surface area contributed by atoms with Crippen LogP contribution in [0.2, 0.25) is 0 Å². The van der Waals surface area contributed by atoms with Crippen molar-refractivity contribution in [2.24, 2.45) is 16.6 Å². The maximum atomic E-state index is 6.03. The van der Waals surface area contributed by atoms with E-state index in [4.69, 9.17) is 5.73 Å². The van der Waals surface area contributed by atoms with Crippen LogP contribution in [0.25, 0.3) is 0 Å². The zero-order chi connectivity index (χ0) is 17.5. The highest BCUT2D eigenvalue weighted by atomic mass is 127. The average Bonchev–Trinajstić information content (AvgIpc) is 3.48. The predicted molar refractivity (Wildman–Crippen MR) is 121 cm³/mol. The van der Waals surface area contributed by atoms with Crippen LogP contribution in [0, 0.1) is 5.92 Å². The van der Waals surface area contributed by atoms with Crippen molar-refractivity contribution in [3.63, 3.8) is 0 Å². The van der Waals surface area contributed by atoms with Gasteiger partial charge in [-0.25, -0.2) is 0 Å². The number of aliphatic imine (C=N–C) groups is 1. The van der Waals surface area contributed by atoms with E-state index in [9.17, 15) is 0 Å². The van der Waals surface area contributed by atoms with Gasteiger partial charge in [0.15, 0.2) is 5.96 Å². The molecule has 2 fully saturated rings. The summed E-state index contributed by atoms with van der Waals surface area (Å²) < 4.78 is 0. The predicted octanol–water partition coefficient (Wildman–Crippen LogP) is 3.75. The third-order valence-corrected chi connectivity index (χ3v) is 5.69. The van der Waals surface area contributed by atoms with Gasteiger partial charge in [0.25, 0.3) is 0 Å². The smallest absolute Gasteiger partial charge is 0.191 e. The highest BCUT2D eigenvalue weighted by Crippen LogP contribution is 2.25. The van der Waals surface area contributed by atoms with Crippen molar-refractivity contribution < 1.29 is 0 Å². The molecule has 0 aromatic heterocycles. The van der Waals surface area contributed by atoms with Crippen LogP contribution in [-0.4, -0.2) is 55.0 Å². The average molecular weight is 470 g/mol. The minimum atomic E-state index is 0. The summed E-state index contributed by atoms with van der Waals surface area (Å²) in [4.78, 5) is 9.29. The maximum Gasteiger partial charge on any atom is 0.191 e. The Labute approximate surface area is 176 Å². The summed E-state index contributed by atoms with van der Waals surface area (Å²) in [7, 11) is 2.07. The Hall–Kier alpha value is -0.820. The van der Waals surface area contributed by atoms with Gasteiger partial charge < -0.3 is 15.5 Å². The van der Waals surface area contributed by atoms with Crippen molar-refractivity contribution in [3.8, 4) is 0 Å². The fraction of sp³-hybridized carbons (Fsp3) is 0.667. The van der Waals surface area contributed by atoms with E-state index >= 15 is 0 Å². The lowest BCUT2D eigenvalue weighted by atomic mass is 9.90. The van der Waals surface area contributed by atoms with E-state index in [1.807, 2.05) is 0 Å². The summed E-state index contributed by atoms with van der Waals surface area (Å²) >= 11 is 0. The molecule has 5 heteroatoms. The Bertz CT molecular complexity index is 536. The minimum Gasteiger partial charge on any atom is -0.370 e. The molecule has 1 heterocycles. The van der Waals surface area contributed by atoms with Crippen molar-refractivity contribution in [1.29, 1.82) is 0 Å². The normalized spacial score (nSPS) is 19.2. The molecule has 0 spiro atoms. The lowest BCUT2D eigenvalue weighted by Gasteiger charge is -2.32. The molecule has 0 radical (unpaired) electrons. The van der Waals surface area contributed by atoms with Gasteiger partial charge in [-0.3, -0.25) is 4.99 Å². The summed E-state index contributed by atoms with van der Waals surface area (Å²) in [5, 5.41) is 0. The molecule has 2 N–H and O–H groups in total. The van der Waals surface area contributed by atoms with Gasteiger partial charge in [0.05, 0.1) is 0 Å². The van der Waals surface area contributed by atoms with Crippen LogP contribution in [-0.2, 0) is 6.42 Å². The fourth-order valence-electron chi connectivity index (χ4n) is 3.76. The first-order chi connectivity index (χ1) is 12.2. The Morgan fingerprint density at radius 3 is 2.46 bits per heavy atom. The number of halogens is 1. The van der Waals surface area contributed by atoms with Crippen molar-refractivity contribution in [1.82, 2.24) is 9.80 Å². The molecular formula is C21H35IN4. The first kappa shape index (κ1) is 21.5. The second-order valence-corrected chi connectivity index (χ2v) is 7.76. The third-order valence-electron chi connectivity index (χ3n) is 5.69. The minimum absolute atomic E-state index is 0. The number of unbranched alkanes of at least 4 members (excludes halogenated alkanes) is 1. The van der Waals surface area contributed by atoms with Crippen LogP contribution < -0.4 is 5.73 Å². The van der Waals surface area contributed by atoms with Gasteiger partial charge in [0.1, 0.15) is 0 Å². The van der Waals surface area contributed by atoms with E-state index in [2.05, 4.69) is 52.2 Å². The lowest BCUT2D eigenvalue weighted by molar-refractivity contribution is 0.181. The van der Waals surface area contributed by atoms with Gasteiger partial charge in [-0.2, -0.15) is 0 Å². The fourth-order valence-corrected chi connectivity index (χ4v) is 3.76. The molecular weight excluding hydrogens is 435 g/mol. The second kappa shape index (κ2) is 11.1. The Kier molecular flexibility index (Phi) is 9.19. The monoisotopic (exact) mass is 470 g/mol. The first-order valence-corrected chi connectivity index (χ1v) is 10.0. The molecule has 0 bridgehead atoms. The highest BCUT2D eigenvalue weighted by Gasteiger charge is 2.27. The molecule has 1 aliphatic carbocycles. The largest absolute Gasteiger partial charge is 0.370 e. The van der Waals surface area contributed by atoms with E-state index in [1.165, 1.54) is 63.7 Å². The number of guanidine groups is 1. The van der Waals surface area contributed by atoms with Gasteiger partial charge in [-0.15, -0.1) is 24.0 Å². The Balaban J connectivity index is 0.00000243. The van der Waals surface area contributed by atoms with Crippen molar-refractivity contribution in [2.45, 2.75) is 51.0 Å². The van der Waals surface area contributed by atoms with Crippen molar-refractivity contribution in [2.75, 3.05) is 33.2 Å². The third kappa shape index (κ3) is 7.06. The molecule has 0 amide bonds. The van der Waals surface area contributed by atoms with E-state index in [-0.39, 0.29) is 24.0 Å². The van der Waals surface area contributed by atoms with Gasteiger partial charge in [-0.1, -0.05) is 30.3 Å². The molecule has 0 atom stereocenters. The van der Waals surface area contributed by atoms with E-state index < -0.39 is 0 Å². The standard InChI is InChI=1S/C21H34N4.HI/c1-24(20-9-10-20)21(22)23-13-5-6-14-25-15-11-19(12-16-25)17-18-7-3-2-4-8-18;/h2-4,7-8,19-20H,5-6,9-17H2,1H3,(H2,22,23);1H. The maximum absolute atomic E-state index is 6.03. The molecule has 4 nitrogen and oxygen atoms in total. The lowest BCUT2D eigenvalue weighted by Crippen LogP contribution is -2.36. The van der Waals surface area contributed by atoms with Crippen LogP contribution in [0.5, 0.6) is 0 Å². The Morgan fingerprint density at radius 2 is 1.81 bits per heavy atom. The van der Waals surface area contributed by atoms with Gasteiger partial charge in [-0.05, 0) is 76.1 Å². The quantitative estimate of drug-likeness (QED) is 0.273. The summed E-state index contributed by atoms with van der Waals surface area (Å²) in [6, 6.07) is 11.6. The molecule has 1 aromatic carbocycles. The number of piperidine rings is 1. The van der Waals surface area contributed by atoms with E-state index in [0.29, 0.717) is 6.04 Å². The molecule has 2 aliphatic rings. The summed E-state index contributed by atoms with van der Waals surface area (Å²) in [6.45, 7) is 4.60. The molecule has 146 valence electrons. The molecule has 26 heavy (non-hydrogen) atoms. The van der Waals surface area contributed by atoms with Crippen LogP contribution in [0.1, 0.15) is 44.1 Å². The van der Waals surface area contributed by atoms with Gasteiger partial charge in [0.2, 0.25) is 0 Å². The number of nitrogens with two attached hydrogens (primary N) is 1. The van der Waals surface area contributed by atoms with E-state index in [0.717, 1.165) is 24.8 Å². The van der Waals surface area contributed by atoms with Crippen LogP contribution >= 0.6 is 24.0 Å². The molecule has 3 rings (SSSR count). The summed E-state index contributed by atoms with van der Waals surface area (Å²) in [5.74, 6) is 1.59. The second-order valence-electron chi connectivity index (χ2n) is 7.76. The molecule has 0 unspecified atom stereocenters. The SMILES string of the molecule is CN(C(N)=NCCCCN1CCC(Cc2ccccc2)CC1)C1CC1.I. The number of likely N-dealkylation sites (tertiary alicyclic amines) is 1. The highest BCUT2D eigenvalue weighted by molar-refractivity contribution is 14.0. The summed E-state index contributed by atoms with van der Waals surface area (Å²) in [6.07, 6.45) is 8.84. The molecule has 1 saturated carbocycles. The number of hydrogen-bond donors (Lipinski definition) is 1. The Morgan fingerprint density at radius 1 is 1.12 bits per heavy atom. The van der Waals surface area contributed by atoms with Crippen LogP contribution in [0.4, 0.5) is 0 Å². The summed E-state index contributed by atoms with van der Waals surface area (Å²) in [5.41, 5.74) is 7.52. The number of rotatable bonds is 8. The number of nitrogens with zero attached hydrogens (tertiary/aromatic N) is 3. The van der Waals surface area contributed by atoms with Crippen LogP contribution in [0.15, 0.2) is 35.3 Å². The first-order valence-electron chi connectivity index (χ1n) is 10.0. The van der Waals surface area contributed by atoms with E-state index in [1.54, 1.807) is 0 Å².